The fourth-order valence-electron chi connectivity index (χ4n) is 2.80. The number of anilines is 4. The Balaban J connectivity index is 1.69. The first kappa shape index (κ1) is 18.9. The predicted octanol–water partition coefficient (Wildman–Crippen LogP) is 1.81. The van der Waals surface area contributed by atoms with Gasteiger partial charge in [-0.2, -0.15) is 4.98 Å². The first-order valence-corrected chi connectivity index (χ1v) is 9.15. The van der Waals surface area contributed by atoms with Crippen LogP contribution in [0.25, 0.3) is 0 Å². The van der Waals surface area contributed by atoms with Gasteiger partial charge in [-0.05, 0) is 43.0 Å². The lowest BCUT2D eigenvalue weighted by Crippen LogP contribution is -2.20. The van der Waals surface area contributed by atoms with Gasteiger partial charge >= 0.3 is 0 Å². The molecule has 5 N–H and O–H groups in total. The van der Waals surface area contributed by atoms with Gasteiger partial charge in [0.1, 0.15) is 5.82 Å². The van der Waals surface area contributed by atoms with Crippen LogP contribution in [0.15, 0.2) is 30.5 Å². The number of benzene rings is 1. The average Bonchev–Trinajstić information content (AvgIpc) is 3.47. The van der Waals surface area contributed by atoms with Crippen molar-refractivity contribution in [2.24, 2.45) is 5.73 Å². The molecule has 27 heavy (non-hydrogen) atoms. The number of rotatable bonds is 10. The molecule has 1 aromatic heterocycles. The second kappa shape index (κ2) is 8.68. The molecule has 0 atom stereocenters. The van der Waals surface area contributed by atoms with Gasteiger partial charge < -0.3 is 26.4 Å². The van der Waals surface area contributed by atoms with E-state index in [1.807, 2.05) is 42.4 Å². The topological polar surface area (TPSA) is 116 Å². The zero-order valence-corrected chi connectivity index (χ0v) is 15.5. The molecule has 1 fully saturated rings. The summed E-state index contributed by atoms with van der Waals surface area (Å²) in [6.07, 6.45) is 4.40. The van der Waals surface area contributed by atoms with E-state index < -0.39 is 0 Å². The van der Waals surface area contributed by atoms with E-state index in [1.54, 1.807) is 0 Å². The van der Waals surface area contributed by atoms with Gasteiger partial charge in [-0.25, -0.2) is 4.98 Å². The minimum absolute atomic E-state index is 0.114. The minimum atomic E-state index is -0.339. The highest BCUT2D eigenvalue weighted by Gasteiger charge is 2.27. The first-order chi connectivity index (χ1) is 13.1. The molecule has 1 heterocycles. The number of aliphatic hydroxyl groups is 1. The van der Waals surface area contributed by atoms with E-state index in [4.69, 9.17) is 10.8 Å². The number of carbonyl (C=O) groups is 1. The summed E-state index contributed by atoms with van der Waals surface area (Å²) < 4.78 is 0. The number of primary amides is 1. The number of aliphatic hydroxyl groups excluding tert-OH is 1. The van der Waals surface area contributed by atoms with E-state index in [0.29, 0.717) is 25.0 Å². The maximum Gasteiger partial charge on any atom is 0.229 e. The van der Waals surface area contributed by atoms with Crippen LogP contribution in [0, 0.1) is 0 Å². The van der Waals surface area contributed by atoms with Crippen LogP contribution in [0.2, 0.25) is 0 Å². The van der Waals surface area contributed by atoms with Crippen molar-refractivity contribution in [2.45, 2.75) is 25.2 Å². The maximum absolute atomic E-state index is 11.0. The molecular weight excluding hydrogens is 344 g/mol. The predicted molar refractivity (Wildman–Crippen MR) is 106 cm³/mol. The molecule has 1 saturated carbocycles. The molecule has 0 radical (unpaired) electrons. The van der Waals surface area contributed by atoms with Crippen molar-refractivity contribution < 1.29 is 9.90 Å². The van der Waals surface area contributed by atoms with Gasteiger partial charge in [0.25, 0.3) is 0 Å². The van der Waals surface area contributed by atoms with E-state index in [2.05, 4.69) is 20.6 Å². The van der Waals surface area contributed by atoms with Gasteiger partial charge in [-0.3, -0.25) is 4.79 Å². The number of hydrogen-bond donors (Lipinski definition) is 4. The molecule has 0 aliphatic heterocycles. The third-order valence-electron chi connectivity index (χ3n) is 4.50. The third kappa shape index (κ3) is 5.30. The molecule has 2 aromatic rings. The molecule has 0 spiro atoms. The molecular formula is C19H26N6O2. The van der Waals surface area contributed by atoms with E-state index in [-0.39, 0.29) is 18.9 Å². The van der Waals surface area contributed by atoms with Crippen molar-refractivity contribution >= 4 is 29.0 Å². The number of amides is 1. The van der Waals surface area contributed by atoms with Crippen molar-refractivity contribution in [3.8, 4) is 0 Å². The number of nitrogens with one attached hydrogen (secondary N) is 2. The summed E-state index contributed by atoms with van der Waals surface area (Å²) in [6, 6.07) is 7.84. The SMILES string of the molecule is CN(CCO)c1ccc(Nc2ncc(C3CC3)c(NCCC(N)=O)n2)cc1. The van der Waals surface area contributed by atoms with Gasteiger partial charge in [-0.1, -0.05) is 0 Å². The van der Waals surface area contributed by atoms with Gasteiger partial charge in [0.2, 0.25) is 11.9 Å². The molecule has 0 saturated heterocycles. The summed E-state index contributed by atoms with van der Waals surface area (Å²) >= 11 is 0. The van der Waals surface area contributed by atoms with E-state index in [0.717, 1.165) is 35.6 Å². The summed E-state index contributed by atoms with van der Waals surface area (Å²) in [7, 11) is 1.93. The number of nitrogens with zero attached hydrogens (tertiary/aromatic N) is 3. The second-order valence-corrected chi connectivity index (χ2v) is 6.73. The van der Waals surface area contributed by atoms with Crippen LogP contribution in [0.1, 0.15) is 30.7 Å². The monoisotopic (exact) mass is 370 g/mol. The highest BCUT2D eigenvalue weighted by atomic mass is 16.3. The molecule has 1 aliphatic carbocycles. The highest BCUT2D eigenvalue weighted by Crippen LogP contribution is 2.42. The molecule has 0 unspecified atom stereocenters. The standard InChI is InChI=1S/C19H26N6O2/c1-25(10-11-26)15-6-4-14(5-7-15)23-19-22-12-16(13-2-3-13)18(24-19)21-9-8-17(20)27/h4-7,12-13,26H,2-3,8-11H2,1H3,(H2,20,27)(H2,21,22,23,24). The summed E-state index contributed by atoms with van der Waals surface area (Å²) in [4.78, 5) is 22.0. The van der Waals surface area contributed by atoms with Gasteiger partial charge in [-0.15, -0.1) is 0 Å². The Bertz CT molecular complexity index is 776. The maximum atomic E-state index is 11.0. The van der Waals surface area contributed by atoms with E-state index in [9.17, 15) is 4.79 Å². The summed E-state index contributed by atoms with van der Waals surface area (Å²) in [5.41, 5.74) is 8.19. The van der Waals surface area contributed by atoms with Crippen LogP contribution in [0.3, 0.4) is 0 Å². The number of hydrogen-bond acceptors (Lipinski definition) is 7. The lowest BCUT2D eigenvalue weighted by molar-refractivity contribution is -0.117. The summed E-state index contributed by atoms with van der Waals surface area (Å²) in [6.45, 7) is 1.15. The van der Waals surface area contributed by atoms with E-state index >= 15 is 0 Å². The molecule has 0 bridgehead atoms. The summed E-state index contributed by atoms with van der Waals surface area (Å²) in [5.74, 6) is 1.42. The van der Waals surface area contributed by atoms with Gasteiger partial charge in [0, 0.05) is 49.7 Å². The van der Waals surface area contributed by atoms with Crippen LogP contribution < -0.4 is 21.3 Å². The van der Waals surface area contributed by atoms with Crippen LogP contribution in [0.5, 0.6) is 0 Å². The number of nitrogens with two attached hydrogens (primary N) is 1. The largest absolute Gasteiger partial charge is 0.395 e. The molecule has 1 amide bonds. The highest BCUT2D eigenvalue weighted by molar-refractivity contribution is 5.74. The zero-order chi connectivity index (χ0) is 19.2. The van der Waals surface area contributed by atoms with Crippen molar-refractivity contribution in [2.75, 3.05) is 42.3 Å². The normalized spacial score (nSPS) is 13.3. The van der Waals surface area contributed by atoms with Crippen molar-refractivity contribution in [1.29, 1.82) is 0 Å². The van der Waals surface area contributed by atoms with Gasteiger partial charge in [0.05, 0.1) is 6.61 Å². The molecule has 1 aliphatic rings. The Hall–Kier alpha value is -2.87. The van der Waals surface area contributed by atoms with Crippen LogP contribution in [0.4, 0.5) is 23.1 Å². The quantitative estimate of drug-likeness (QED) is 0.504. The molecule has 8 nitrogen and oxygen atoms in total. The van der Waals surface area contributed by atoms with Crippen molar-refractivity contribution in [3.63, 3.8) is 0 Å². The molecule has 144 valence electrons. The molecule has 1 aromatic carbocycles. The smallest absolute Gasteiger partial charge is 0.229 e. The first-order valence-electron chi connectivity index (χ1n) is 9.15. The Kier molecular flexibility index (Phi) is 6.08. The lowest BCUT2D eigenvalue weighted by Gasteiger charge is -2.18. The van der Waals surface area contributed by atoms with Crippen molar-refractivity contribution in [3.05, 3.63) is 36.0 Å². The Morgan fingerprint density at radius 3 is 2.70 bits per heavy atom. The van der Waals surface area contributed by atoms with Crippen LogP contribution in [-0.2, 0) is 4.79 Å². The Morgan fingerprint density at radius 2 is 2.07 bits per heavy atom. The fourth-order valence-corrected chi connectivity index (χ4v) is 2.80. The molecule has 8 heteroatoms. The van der Waals surface area contributed by atoms with E-state index in [1.165, 1.54) is 0 Å². The second-order valence-electron chi connectivity index (χ2n) is 6.73. The number of aromatic nitrogens is 2. The minimum Gasteiger partial charge on any atom is -0.395 e. The van der Waals surface area contributed by atoms with Crippen LogP contribution >= 0.6 is 0 Å². The fraction of sp³-hybridized carbons (Fsp3) is 0.421. The third-order valence-corrected chi connectivity index (χ3v) is 4.50. The lowest BCUT2D eigenvalue weighted by atomic mass is 10.2. The summed E-state index contributed by atoms with van der Waals surface area (Å²) in [5, 5.41) is 15.4. The molecule has 3 rings (SSSR count). The van der Waals surface area contributed by atoms with Crippen LogP contribution in [-0.4, -0.2) is 47.7 Å². The van der Waals surface area contributed by atoms with Gasteiger partial charge in [0.15, 0.2) is 0 Å². The Morgan fingerprint density at radius 1 is 1.33 bits per heavy atom. The van der Waals surface area contributed by atoms with Crippen molar-refractivity contribution in [1.82, 2.24) is 9.97 Å². The number of likely N-dealkylation sites (N-methyl/N-ethyl adjacent to an activating group) is 1. The number of carbonyl (C=O) groups excluding carboxylic acids is 1. The Labute approximate surface area is 158 Å². The zero-order valence-electron chi connectivity index (χ0n) is 15.5. The average molecular weight is 370 g/mol.